The molecule has 6 nitrogen and oxygen atoms in total. The third-order valence-electron chi connectivity index (χ3n) is 8.10. The molecule has 0 aromatic heterocycles. The van der Waals surface area contributed by atoms with Gasteiger partial charge in [0.25, 0.3) is 5.91 Å². The van der Waals surface area contributed by atoms with Crippen molar-refractivity contribution in [2.24, 2.45) is 17.8 Å². The zero-order valence-electron chi connectivity index (χ0n) is 20.9. The molecule has 0 radical (unpaired) electrons. The predicted octanol–water partition coefficient (Wildman–Crippen LogP) is 3.59. The van der Waals surface area contributed by atoms with Crippen LogP contribution in [0.5, 0.6) is 0 Å². The summed E-state index contributed by atoms with van der Waals surface area (Å²) in [5, 5.41) is 3.30. The fourth-order valence-electron chi connectivity index (χ4n) is 6.10. The third kappa shape index (κ3) is 5.29. The van der Waals surface area contributed by atoms with E-state index in [1.807, 2.05) is 50.2 Å². The fraction of sp³-hybridized carbons (Fsp3) is 0.517. The molecule has 1 N–H and O–H groups in total. The highest BCUT2D eigenvalue weighted by Crippen LogP contribution is 2.33. The molecule has 5 rings (SSSR count). The van der Waals surface area contributed by atoms with Crippen LogP contribution in [-0.4, -0.2) is 67.6 Å². The number of aryl methyl sites for hydroxylation is 2. The lowest BCUT2D eigenvalue weighted by Crippen LogP contribution is -2.37. The van der Waals surface area contributed by atoms with Crippen LogP contribution in [0.2, 0.25) is 0 Å². The summed E-state index contributed by atoms with van der Waals surface area (Å²) >= 11 is 0. The number of ether oxygens (including phenoxy) is 1. The third-order valence-corrected chi connectivity index (χ3v) is 8.10. The van der Waals surface area contributed by atoms with Gasteiger partial charge in [-0.1, -0.05) is 48.5 Å². The van der Waals surface area contributed by atoms with Crippen molar-refractivity contribution < 1.29 is 14.3 Å². The van der Waals surface area contributed by atoms with E-state index >= 15 is 0 Å². The zero-order valence-corrected chi connectivity index (χ0v) is 20.9. The number of hydrogen-bond donors (Lipinski definition) is 1. The number of nitrogens with one attached hydrogen (secondary N) is 1. The largest absolute Gasteiger partial charge is 0.381 e. The molecule has 3 aliphatic rings. The maximum Gasteiger partial charge on any atom is 0.254 e. The zero-order chi connectivity index (χ0) is 24.4. The van der Waals surface area contributed by atoms with Crippen LogP contribution >= 0.6 is 0 Å². The second-order valence-electron chi connectivity index (χ2n) is 10.6. The Bertz CT molecular complexity index is 1020. The van der Waals surface area contributed by atoms with Crippen molar-refractivity contribution in [2.45, 2.75) is 32.7 Å². The molecule has 0 aliphatic carbocycles. The molecule has 3 saturated heterocycles. The minimum Gasteiger partial charge on any atom is -0.381 e. The summed E-state index contributed by atoms with van der Waals surface area (Å²) in [4.78, 5) is 30.6. The highest BCUT2D eigenvalue weighted by atomic mass is 16.5. The van der Waals surface area contributed by atoms with E-state index < -0.39 is 0 Å². The molecule has 3 aliphatic heterocycles. The monoisotopic (exact) mass is 475 g/mol. The standard InChI is InChI=1S/C29H37N3O3/c1-20-7-6-8-21(2)27(20)29(34)32-17-24-15-31(16-25(24)18-32)13-11-26(22-9-4-3-5-10-22)30-28(33)23-12-14-35-19-23/h3-10,23-26H,11-19H2,1-2H3,(H,30,33)/t23?,24-,25?,26?/m0/s1. The summed E-state index contributed by atoms with van der Waals surface area (Å²) in [6.45, 7) is 9.93. The Morgan fingerprint density at radius 2 is 1.66 bits per heavy atom. The molecule has 3 fully saturated rings. The van der Waals surface area contributed by atoms with E-state index in [2.05, 4.69) is 27.2 Å². The van der Waals surface area contributed by atoms with Gasteiger partial charge in [0.1, 0.15) is 0 Å². The highest BCUT2D eigenvalue weighted by Gasteiger charge is 2.42. The van der Waals surface area contributed by atoms with Gasteiger partial charge in [-0.15, -0.1) is 0 Å². The highest BCUT2D eigenvalue weighted by molar-refractivity contribution is 5.97. The van der Waals surface area contributed by atoms with E-state index in [1.54, 1.807) is 0 Å². The van der Waals surface area contributed by atoms with Crippen molar-refractivity contribution in [3.63, 3.8) is 0 Å². The topological polar surface area (TPSA) is 61.9 Å². The van der Waals surface area contributed by atoms with Crippen molar-refractivity contribution in [1.29, 1.82) is 0 Å². The average Bonchev–Trinajstić information content (AvgIpc) is 3.59. The summed E-state index contributed by atoms with van der Waals surface area (Å²) in [6.07, 6.45) is 1.69. The summed E-state index contributed by atoms with van der Waals surface area (Å²) in [5.41, 5.74) is 4.15. The molecule has 3 unspecified atom stereocenters. The maximum atomic E-state index is 13.2. The number of rotatable bonds is 7. The second-order valence-corrected chi connectivity index (χ2v) is 10.6. The van der Waals surface area contributed by atoms with Gasteiger partial charge in [0.2, 0.25) is 5.91 Å². The number of fused-ring (bicyclic) bond motifs is 1. The Morgan fingerprint density at radius 1 is 0.971 bits per heavy atom. The van der Waals surface area contributed by atoms with Gasteiger partial charge in [0, 0.05) is 44.9 Å². The summed E-state index contributed by atoms with van der Waals surface area (Å²) in [5.74, 6) is 1.32. The van der Waals surface area contributed by atoms with Gasteiger partial charge in [-0.25, -0.2) is 0 Å². The molecule has 2 amide bonds. The number of hydrogen-bond acceptors (Lipinski definition) is 4. The first-order valence-electron chi connectivity index (χ1n) is 13.0. The molecule has 4 atom stereocenters. The van der Waals surface area contributed by atoms with Crippen LogP contribution in [0.3, 0.4) is 0 Å². The number of amides is 2. The molecule has 2 aromatic rings. The minimum absolute atomic E-state index is 0.00634. The molecule has 6 heteroatoms. The summed E-state index contributed by atoms with van der Waals surface area (Å²) in [6, 6.07) is 16.4. The predicted molar refractivity (Wildman–Crippen MR) is 136 cm³/mol. The van der Waals surface area contributed by atoms with Crippen LogP contribution in [0, 0.1) is 31.6 Å². The smallest absolute Gasteiger partial charge is 0.254 e. The van der Waals surface area contributed by atoms with E-state index in [4.69, 9.17) is 4.74 Å². The molecule has 3 heterocycles. The Balaban J connectivity index is 1.17. The molecule has 0 saturated carbocycles. The summed E-state index contributed by atoms with van der Waals surface area (Å²) < 4.78 is 5.42. The lowest BCUT2D eigenvalue weighted by molar-refractivity contribution is -0.125. The van der Waals surface area contributed by atoms with Crippen LogP contribution in [-0.2, 0) is 9.53 Å². The quantitative estimate of drug-likeness (QED) is 0.665. The van der Waals surface area contributed by atoms with Crippen LogP contribution in [0.4, 0.5) is 0 Å². The number of benzene rings is 2. The molecular weight excluding hydrogens is 438 g/mol. The van der Waals surface area contributed by atoms with Gasteiger partial charge in [-0.3, -0.25) is 9.59 Å². The average molecular weight is 476 g/mol. The Hall–Kier alpha value is -2.70. The summed E-state index contributed by atoms with van der Waals surface area (Å²) in [7, 11) is 0. The van der Waals surface area contributed by atoms with Crippen molar-refractivity contribution in [3.8, 4) is 0 Å². The lowest BCUT2D eigenvalue weighted by Gasteiger charge is -2.26. The lowest BCUT2D eigenvalue weighted by atomic mass is 10.0. The Morgan fingerprint density at radius 3 is 2.29 bits per heavy atom. The number of likely N-dealkylation sites (tertiary alicyclic amines) is 2. The van der Waals surface area contributed by atoms with Gasteiger partial charge in [-0.05, 0) is 55.2 Å². The Kier molecular flexibility index (Phi) is 7.21. The van der Waals surface area contributed by atoms with Crippen molar-refractivity contribution >= 4 is 11.8 Å². The van der Waals surface area contributed by atoms with E-state index in [9.17, 15) is 9.59 Å². The number of carbonyl (C=O) groups excluding carboxylic acids is 2. The molecule has 0 spiro atoms. The van der Waals surface area contributed by atoms with Gasteiger partial charge in [-0.2, -0.15) is 0 Å². The molecule has 0 bridgehead atoms. The van der Waals surface area contributed by atoms with Gasteiger partial charge < -0.3 is 19.9 Å². The molecule has 186 valence electrons. The molecule has 35 heavy (non-hydrogen) atoms. The van der Waals surface area contributed by atoms with Crippen LogP contribution < -0.4 is 5.32 Å². The van der Waals surface area contributed by atoms with Crippen LogP contribution in [0.25, 0.3) is 0 Å². The first kappa shape index (κ1) is 24.0. The second kappa shape index (κ2) is 10.5. The number of carbonyl (C=O) groups is 2. The van der Waals surface area contributed by atoms with Gasteiger partial charge in [0.15, 0.2) is 0 Å². The van der Waals surface area contributed by atoms with E-state index in [1.165, 1.54) is 0 Å². The van der Waals surface area contributed by atoms with E-state index in [0.29, 0.717) is 25.0 Å². The first-order chi connectivity index (χ1) is 17.0. The Labute approximate surface area is 208 Å². The van der Waals surface area contributed by atoms with E-state index in [-0.39, 0.29) is 23.8 Å². The van der Waals surface area contributed by atoms with Crippen molar-refractivity contribution in [3.05, 3.63) is 70.8 Å². The van der Waals surface area contributed by atoms with E-state index in [0.717, 1.165) is 67.8 Å². The van der Waals surface area contributed by atoms with Crippen LogP contribution in [0.15, 0.2) is 48.5 Å². The normalized spacial score (nSPS) is 25.0. The van der Waals surface area contributed by atoms with Crippen molar-refractivity contribution in [1.82, 2.24) is 15.1 Å². The first-order valence-corrected chi connectivity index (χ1v) is 13.0. The van der Waals surface area contributed by atoms with Gasteiger partial charge in [0.05, 0.1) is 18.6 Å². The SMILES string of the molecule is Cc1cccc(C)c1C(=O)N1CC2CN(CCC(NC(=O)C3CCOC3)c3ccccc3)C[C@H]2C1. The molecular formula is C29H37N3O3. The van der Waals surface area contributed by atoms with Crippen molar-refractivity contribution in [2.75, 3.05) is 45.9 Å². The maximum absolute atomic E-state index is 13.2. The van der Waals surface area contributed by atoms with Crippen LogP contribution in [0.1, 0.15) is 45.9 Å². The fourth-order valence-corrected chi connectivity index (χ4v) is 6.10. The minimum atomic E-state index is -0.0345. The molecule has 2 aromatic carbocycles. The number of nitrogens with zero attached hydrogens (tertiary/aromatic N) is 2. The van der Waals surface area contributed by atoms with Gasteiger partial charge >= 0.3 is 0 Å².